The van der Waals surface area contributed by atoms with E-state index in [9.17, 15) is 4.79 Å². The summed E-state index contributed by atoms with van der Waals surface area (Å²) in [5.41, 5.74) is 10.0. The molecule has 0 aliphatic heterocycles. The highest BCUT2D eigenvalue weighted by atomic mass is 16.1. The first-order valence-corrected chi connectivity index (χ1v) is 10.3. The van der Waals surface area contributed by atoms with Crippen molar-refractivity contribution < 1.29 is 4.79 Å². The minimum Gasteiger partial charge on any atom is -0.384 e. The van der Waals surface area contributed by atoms with Gasteiger partial charge in [-0.05, 0) is 49.8 Å². The van der Waals surface area contributed by atoms with E-state index < -0.39 is 0 Å². The molecule has 3 aromatic rings. The van der Waals surface area contributed by atoms with E-state index in [1.165, 1.54) is 0 Å². The molecule has 0 atom stereocenters. The van der Waals surface area contributed by atoms with Crippen molar-refractivity contribution in [2.45, 2.75) is 20.8 Å². The van der Waals surface area contributed by atoms with Crippen LogP contribution in [0.1, 0.15) is 40.9 Å². The van der Waals surface area contributed by atoms with Crippen molar-refractivity contribution in [2.24, 2.45) is 0 Å². The lowest BCUT2D eigenvalue weighted by molar-refractivity contribution is 0.0949. The number of nitrogens with two attached hydrogens (primary N) is 1. The van der Waals surface area contributed by atoms with Gasteiger partial charge in [0.2, 0.25) is 0 Å². The number of aromatic nitrogens is 1. The highest BCUT2D eigenvalue weighted by Gasteiger charge is 2.08. The van der Waals surface area contributed by atoms with Gasteiger partial charge in [0, 0.05) is 35.2 Å². The zero-order valence-corrected chi connectivity index (χ0v) is 17.8. The van der Waals surface area contributed by atoms with Gasteiger partial charge in [-0.2, -0.15) is 0 Å². The molecule has 3 rings (SSSR count). The quantitative estimate of drug-likeness (QED) is 0.620. The number of benzene rings is 2. The molecule has 5 nitrogen and oxygen atoms in total. The van der Waals surface area contributed by atoms with Crippen LogP contribution in [0, 0.1) is 18.8 Å². The standard InChI is InChI=1S/C25H28N4O/c1-4-29(5-2)15-14-27-25(30)21-11-10-18(3)19(16-21)12-13-20-17-24(26)28-23-9-7-6-8-22(20)23/h6-11,16-17H,4-5,14-15H2,1-3H3,(H2,26,28)(H,27,30). The third-order valence-electron chi connectivity index (χ3n) is 5.18. The van der Waals surface area contributed by atoms with Crippen molar-refractivity contribution in [3.63, 3.8) is 0 Å². The zero-order valence-electron chi connectivity index (χ0n) is 17.8. The molecule has 2 aromatic carbocycles. The molecule has 0 spiro atoms. The van der Waals surface area contributed by atoms with Gasteiger partial charge in [-0.3, -0.25) is 4.79 Å². The number of pyridine rings is 1. The van der Waals surface area contributed by atoms with Gasteiger partial charge in [0.05, 0.1) is 5.52 Å². The fourth-order valence-electron chi connectivity index (χ4n) is 3.30. The van der Waals surface area contributed by atoms with Crippen molar-refractivity contribution in [1.29, 1.82) is 0 Å². The van der Waals surface area contributed by atoms with Crippen LogP contribution >= 0.6 is 0 Å². The molecular weight excluding hydrogens is 372 g/mol. The monoisotopic (exact) mass is 400 g/mol. The Bertz CT molecular complexity index is 1110. The van der Waals surface area contributed by atoms with Gasteiger partial charge in [-0.1, -0.05) is 50.0 Å². The molecule has 154 valence electrons. The molecule has 1 heterocycles. The Morgan fingerprint density at radius 1 is 1.07 bits per heavy atom. The van der Waals surface area contributed by atoms with Gasteiger partial charge in [0.15, 0.2) is 0 Å². The molecule has 0 radical (unpaired) electrons. The van der Waals surface area contributed by atoms with Crippen molar-refractivity contribution in [1.82, 2.24) is 15.2 Å². The summed E-state index contributed by atoms with van der Waals surface area (Å²) < 4.78 is 0. The minimum absolute atomic E-state index is 0.0798. The first kappa shape index (κ1) is 21.4. The first-order valence-electron chi connectivity index (χ1n) is 10.3. The van der Waals surface area contributed by atoms with Crippen LogP contribution in [0.25, 0.3) is 10.9 Å². The Morgan fingerprint density at radius 3 is 2.57 bits per heavy atom. The van der Waals surface area contributed by atoms with Crippen LogP contribution in [0.15, 0.2) is 48.5 Å². The predicted molar refractivity (Wildman–Crippen MR) is 123 cm³/mol. The number of hydrogen-bond donors (Lipinski definition) is 2. The second-order valence-corrected chi connectivity index (χ2v) is 7.17. The van der Waals surface area contributed by atoms with Crippen LogP contribution in [-0.4, -0.2) is 42.0 Å². The van der Waals surface area contributed by atoms with Crippen LogP contribution in [0.5, 0.6) is 0 Å². The topological polar surface area (TPSA) is 71.2 Å². The van der Waals surface area contributed by atoms with E-state index in [2.05, 4.69) is 40.9 Å². The van der Waals surface area contributed by atoms with Gasteiger partial charge < -0.3 is 16.0 Å². The minimum atomic E-state index is -0.0798. The number of nitrogen functional groups attached to an aromatic ring is 1. The molecule has 0 saturated carbocycles. The summed E-state index contributed by atoms with van der Waals surface area (Å²) >= 11 is 0. The normalized spacial score (nSPS) is 10.7. The number of aryl methyl sites for hydroxylation is 1. The maximum atomic E-state index is 12.6. The lowest BCUT2D eigenvalue weighted by atomic mass is 10.0. The number of carbonyl (C=O) groups excluding carboxylic acids is 1. The number of para-hydroxylation sites is 1. The summed E-state index contributed by atoms with van der Waals surface area (Å²) in [6.45, 7) is 9.65. The van der Waals surface area contributed by atoms with Crippen LogP contribution < -0.4 is 11.1 Å². The Kier molecular flexibility index (Phi) is 7.05. The van der Waals surface area contributed by atoms with E-state index in [0.29, 0.717) is 17.9 Å². The summed E-state index contributed by atoms with van der Waals surface area (Å²) in [6.07, 6.45) is 0. The molecule has 30 heavy (non-hydrogen) atoms. The molecule has 1 aromatic heterocycles. The average Bonchev–Trinajstić information content (AvgIpc) is 2.75. The lowest BCUT2D eigenvalue weighted by Crippen LogP contribution is -2.34. The summed E-state index contributed by atoms with van der Waals surface area (Å²) in [5.74, 6) is 6.79. The van der Waals surface area contributed by atoms with Gasteiger partial charge in [-0.25, -0.2) is 4.98 Å². The van der Waals surface area contributed by atoms with E-state index >= 15 is 0 Å². The highest BCUT2D eigenvalue weighted by molar-refractivity contribution is 5.94. The molecule has 0 aliphatic carbocycles. The SMILES string of the molecule is CCN(CC)CCNC(=O)c1ccc(C)c(C#Cc2cc(N)nc3ccccc23)c1. The maximum Gasteiger partial charge on any atom is 0.251 e. The largest absolute Gasteiger partial charge is 0.384 e. The molecule has 0 saturated heterocycles. The number of amides is 1. The van der Waals surface area contributed by atoms with E-state index in [1.54, 1.807) is 6.07 Å². The Balaban J connectivity index is 1.82. The van der Waals surface area contributed by atoms with Gasteiger partial charge in [-0.15, -0.1) is 0 Å². The molecule has 0 aliphatic rings. The molecule has 0 bridgehead atoms. The van der Waals surface area contributed by atoms with E-state index in [4.69, 9.17) is 5.73 Å². The Hall–Kier alpha value is -3.36. The predicted octanol–water partition coefficient (Wildman–Crippen LogP) is 3.60. The van der Waals surface area contributed by atoms with Crippen molar-refractivity contribution >= 4 is 22.6 Å². The number of anilines is 1. The highest BCUT2D eigenvalue weighted by Crippen LogP contribution is 2.19. The smallest absolute Gasteiger partial charge is 0.251 e. The number of rotatable bonds is 6. The third-order valence-corrected chi connectivity index (χ3v) is 5.18. The zero-order chi connectivity index (χ0) is 21.5. The molecule has 5 heteroatoms. The van der Waals surface area contributed by atoms with Crippen LogP contribution in [0.3, 0.4) is 0 Å². The van der Waals surface area contributed by atoms with Crippen molar-refractivity contribution in [2.75, 3.05) is 31.9 Å². The summed E-state index contributed by atoms with van der Waals surface area (Å²) in [7, 11) is 0. The van der Waals surface area contributed by atoms with Crippen LogP contribution in [-0.2, 0) is 0 Å². The second kappa shape index (κ2) is 9.91. The summed E-state index contributed by atoms with van der Waals surface area (Å²) in [4.78, 5) is 19.2. The Labute approximate surface area is 178 Å². The number of likely N-dealkylation sites (N-methyl/N-ethyl adjacent to an activating group) is 1. The maximum absolute atomic E-state index is 12.6. The van der Waals surface area contributed by atoms with Crippen LogP contribution in [0.4, 0.5) is 5.82 Å². The summed E-state index contributed by atoms with van der Waals surface area (Å²) in [5, 5.41) is 3.96. The van der Waals surface area contributed by atoms with Gasteiger partial charge >= 0.3 is 0 Å². The third kappa shape index (κ3) is 5.16. The Morgan fingerprint density at radius 2 is 1.80 bits per heavy atom. The van der Waals surface area contributed by atoms with E-state index in [-0.39, 0.29) is 5.91 Å². The molecule has 0 fully saturated rings. The molecule has 0 unspecified atom stereocenters. The van der Waals surface area contributed by atoms with Crippen molar-refractivity contribution in [3.8, 4) is 11.8 Å². The number of hydrogen-bond acceptors (Lipinski definition) is 4. The number of fused-ring (bicyclic) bond motifs is 1. The number of carbonyl (C=O) groups is 1. The van der Waals surface area contributed by atoms with Gasteiger partial charge in [0.1, 0.15) is 5.82 Å². The fourth-order valence-corrected chi connectivity index (χ4v) is 3.30. The number of nitrogens with zero attached hydrogens (tertiary/aromatic N) is 2. The lowest BCUT2D eigenvalue weighted by Gasteiger charge is -2.18. The molecule has 1 amide bonds. The first-order chi connectivity index (χ1) is 14.5. The van der Waals surface area contributed by atoms with Gasteiger partial charge in [0.25, 0.3) is 5.91 Å². The molecular formula is C25H28N4O. The number of nitrogens with one attached hydrogen (secondary N) is 1. The molecule has 3 N–H and O–H groups in total. The van der Waals surface area contributed by atoms with Crippen LogP contribution in [0.2, 0.25) is 0 Å². The van der Waals surface area contributed by atoms with Crippen molar-refractivity contribution in [3.05, 3.63) is 70.8 Å². The fraction of sp³-hybridized carbons (Fsp3) is 0.280. The average molecular weight is 401 g/mol. The van der Waals surface area contributed by atoms with E-state index in [0.717, 1.165) is 47.2 Å². The van der Waals surface area contributed by atoms with E-state index in [1.807, 2.05) is 49.4 Å². The second-order valence-electron chi connectivity index (χ2n) is 7.17. The summed E-state index contributed by atoms with van der Waals surface area (Å²) in [6, 6.07) is 15.2.